The standard InChI is InChI=1S/C28H40N4O7/c1-18(23(33)29-12-13-31-25(35)38-27(2,3)4)19-8-9-21-17-22(11-10-20(21)16-19)37-24(34)30-14-15-32-26(36)39-28(5,6)7/h8-11,16-18H,12-15H2,1-7H3,(H,29,33)(H,30,34)(H,31,35)(H,32,36). The third-order valence-corrected chi connectivity index (χ3v) is 5.09. The zero-order valence-electron chi connectivity index (χ0n) is 23.7. The van der Waals surface area contributed by atoms with Crippen molar-refractivity contribution >= 4 is 35.0 Å². The van der Waals surface area contributed by atoms with E-state index < -0.39 is 35.4 Å². The number of fused-ring (bicyclic) bond motifs is 1. The molecule has 0 heterocycles. The molecule has 4 N–H and O–H groups in total. The summed E-state index contributed by atoms with van der Waals surface area (Å²) in [5.41, 5.74) is -0.358. The van der Waals surface area contributed by atoms with Gasteiger partial charge in [0.1, 0.15) is 17.0 Å². The minimum atomic E-state index is -0.650. The zero-order valence-corrected chi connectivity index (χ0v) is 23.7. The number of amides is 4. The number of hydrogen-bond acceptors (Lipinski definition) is 7. The Labute approximate surface area is 229 Å². The minimum Gasteiger partial charge on any atom is -0.444 e. The molecule has 4 amide bonds. The second-order valence-electron chi connectivity index (χ2n) is 11.0. The molecule has 0 radical (unpaired) electrons. The maximum absolute atomic E-state index is 12.6. The van der Waals surface area contributed by atoms with Gasteiger partial charge in [-0.3, -0.25) is 4.79 Å². The zero-order chi connectivity index (χ0) is 29.2. The molecule has 0 saturated carbocycles. The number of nitrogens with one attached hydrogen (secondary N) is 4. The quantitative estimate of drug-likeness (QED) is 0.346. The molecule has 0 aliphatic heterocycles. The fourth-order valence-corrected chi connectivity index (χ4v) is 3.33. The van der Waals surface area contributed by atoms with Crippen LogP contribution in [0.25, 0.3) is 10.8 Å². The highest BCUT2D eigenvalue weighted by Gasteiger charge is 2.18. The second kappa shape index (κ2) is 13.7. The van der Waals surface area contributed by atoms with Crippen LogP contribution < -0.4 is 26.0 Å². The number of hydrogen-bond donors (Lipinski definition) is 4. The van der Waals surface area contributed by atoms with Crippen LogP contribution in [0, 0.1) is 0 Å². The average Bonchev–Trinajstić information content (AvgIpc) is 2.81. The number of carbonyl (C=O) groups excluding carboxylic acids is 4. The van der Waals surface area contributed by atoms with E-state index in [2.05, 4.69) is 21.3 Å². The first-order valence-corrected chi connectivity index (χ1v) is 12.8. The van der Waals surface area contributed by atoms with Crippen molar-refractivity contribution in [3.63, 3.8) is 0 Å². The smallest absolute Gasteiger partial charge is 0.412 e. The van der Waals surface area contributed by atoms with Crippen LogP contribution >= 0.6 is 0 Å². The fourth-order valence-electron chi connectivity index (χ4n) is 3.33. The second-order valence-corrected chi connectivity index (χ2v) is 11.0. The minimum absolute atomic E-state index is 0.168. The van der Waals surface area contributed by atoms with Crippen LogP contribution in [0.2, 0.25) is 0 Å². The fraction of sp³-hybridized carbons (Fsp3) is 0.500. The SMILES string of the molecule is CC(C(=O)NCCNC(=O)OC(C)(C)C)c1ccc2cc(OC(=O)NCCNC(=O)OC(C)(C)C)ccc2c1. The van der Waals surface area contributed by atoms with Crippen molar-refractivity contribution < 1.29 is 33.4 Å². The predicted molar refractivity (Wildman–Crippen MR) is 148 cm³/mol. The lowest BCUT2D eigenvalue weighted by molar-refractivity contribution is -0.122. The first-order chi connectivity index (χ1) is 18.1. The van der Waals surface area contributed by atoms with Crippen molar-refractivity contribution in [2.24, 2.45) is 0 Å². The third kappa shape index (κ3) is 11.9. The summed E-state index contributed by atoms with van der Waals surface area (Å²) in [4.78, 5) is 48.0. The molecule has 39 heavy (non-hydrogen) atoms. The van der Waals surface area contributed by atoms with Crippen LogP contribution in [0.1, 0.15) is 59.9 Å². The molecule has 0 bridgehead atoms. The van der Waals surface area contributed by atoms with Crippen molar-refractivity contribution in [3.05, 3.63) is 42.0 Å². The van der Waals surface area contributed by atoms with Gasteiger partial charge in [-0.25, -0.2) is 14.4 Å². The lowest BCUT2D eigenvalue weighted by Gasteiger charge is -2.20. The van der Waals surface area contributed by atoms with Crippen molar-refractivity contribution in [3.8, 4) is 5.75 Å². The van der Waals surface area contributed by atoms with Crippen molar-refractivity contribution in [2.75, 3.05) is 26.2 Å². The molecule has 214 valence electrons. The number of alkyl carbamates (subject to hydrolysis) is 2. The Morgan fingerprint density at radius 3 is 1.67 bits per heavy atom. The van der Waals surface area contributed by atoms with Gasteiger partial charge in [0.15, 0.2) is 0 Å². The molecule has 0 aliphatic rings. The predicted octanol–water partition coefficient (Wildman–Crippen LogP) is 4.20. The highest BCUT2D eigenvalue weighted by molar-refractivity contribution is 5.88. The van der Waals surface area contributed by atoms with Crippen LogP contribution in [0.5, 0.6) is 5.75 Å². The van der Waals surface area contributed by atoms with E-state index in [0.29, 0.717) is 5.75 Å². The largest absolute Gasteiger partial charge is 0.444 e. The molecule has 2 rings (SSSR count). The highest BCUT2D eigenvalue weighted by atomic mass is 16.6. The molecular formula is C28H40N4O7. The van der Waals surface area contributed by atoms with Gasteiger partial charge in [-0.2, -0.15) is 0 Å². The summed E-state index contributed by atoms with van der Waals surface area (Å²) in [5, 5.41) is 12.2. The molecule has 0 aliphatic carbocycles. The molecule has 11 heteroatoms. The van der Waals surface area contributed by atoms with E-state index in [9.17, 15) is 19.2 Å². The Hall–Kier alpha value is -4.02. The summed E-state index contributed by atoms with van der Waals surface area (Å²) in [6.45, 7) is 13.3. The lowest BCUT2D eigenvalue weighted by Crippen LogP contribution is -2.38. The maximum atomic E-state index is 12.6. The van der Waals surface area contributed by atoms with Gasteiger partial charge < -0.3 is 35.5 Å². The first kappa shape index (κ1) is 31.2. The van der Waals surface area contributed by atoms with Gasteiger partial charge >= 0.3 is 18.3 Å². The molecule has 0 saturated heterocycles. The van der Waals surface area contributed by atoms with E-state index in [1.165, 1.54) is 0 Å². The summed E-state index contributed by atoms with van der Waals surface area (Å²) < 4.78 is 15.6. The van der Waals surface area contributed by atoms with Crippen LogP contribution in [0.4, 0.5) is 14.4 Å². The summed E-state index contributed by atoms with van der Waals surface area (Å²) in [7, 11) is 0. The molecule has 2 aromatic rings. The maximum Gasteiger partial charge on any atom is 0.412 e. The summed E-state index contributed by atoms with van der Waals surface area (Å²) in [5.74, 6) is -0.221. The van der Waals surface area contributed by atoms with E-state index in [-0.39, 0.29) is 32.1 Å². The molecular weight excluding hydrogens is 504 g/mol. The molecule has 11 nitrogen and oxygen atoms in total. The molecule has 0 fully saturated rings. The summed E-state index contributed by atoms with van der Waals surface area (Å²) in [6, 6.07) is 10.8. The van der Waals surface area contributed by atoms with Gasteiger partial charge in [-0.05, 0) is 76.9 Å². The van der Waals surface area contributed by atoms with Crippen LogP contribution in [-0.2, 0) is 14.3 Å². The Kier molecular flexibility index (Phi) is 10.9. The van der Waals surface area contributed by atoms with Gasteiger partial charge in [-0.1, -0.05) is 24.3 Å². The lowest BCUT2D eigenvalue weighted by atomic mass is 9.97. The Morgan fingerprint density at radius 2 is 1.13 bits per heavy atom. The summed E-state index contributed by atoms with van der Waals surface area (Å²) in [6.07, 6.45) is -1.74. The van der Waals surface area contributed by atoms with Gasteiger partial charge in [0.25, 0.3) is 0 Å². The number of carbonyl (C=O) groups is 4. The molecule has 1 atom stereocenters. The number of ether oxygens (including phenoxy) is 3. The van der Waals surface area contributed by atoms with Crippen LogP contribution in [0.3, 0.4) is 0 Å². The molecule has 0 spiro atoms. The van der Waals surface area contributed by atoms with Gasteiger partial charge in [-0.15, -0.1) is 0 Å². The highest BCUT2D eigenvalue weighted by Crippen LogP contribution is 2.25. The van der Waals surface area contributed by atoms with Crippen molar-refractivity contribution in [1.29, 1.82) is 0 Å². The van der Waals surface area contributed by atoms with E-state index in [1.807, 2.05) is 18.2 Å². The summed E-state index contributed by atoms with van der Waals surface area (Å²) >= 11 is 0. The number of rotatable bonds is 9. The molecule has 0 aromatic heterocycles. The Balaban J connectivity index is 1.81. The van der Waals surface area contributed by atoms with E-state index >= 15 is 0 Å². The van der Waals surface area contributed by atoms with Gasteiger partial charge in [0.05, 0.1) is 5.92 Å². The average molecular weight is 545 g/mol. The van der Waals surface area contributed by atoms with Crippen molar-refractivity contribution in [2.45, 2.75) is 65.6 Å². The van der Waals surface area contributed by atoms with Crippen LogP contribution in [-0.4, -0.2) is 61.6 Å². The van der Waals surface area contributed by atoms with E-state index in [0.717, 1.165) is 16.3 Å². The first-order valence-electron chi connectivity index (χ1n) is 12.8. The number of benzene rings is 2. The Bertz CT molecular complexity index is 1170. The third-order valence-electron chi connectivity index (χ3n) is 5.09. The van der Waals surface area contributed by atoms with E-state index in [4.69, 9.17) is 14.2 Å². The molecule has 2 aromatic carbocycles. The molecule has 1 unspecified atom stereocenters. The van der Waals surface area contributed by atoms with E-state index in [1.54, 1.807) is 66.7 Å². The van der Waals surface area contributed by atoms with Crippen LogP contribution in [0.15, 0.2) is 36.4 Å². The topological polar surface area (TPSA) is 144 Å². The van der Waals surface area contributed by atoms with Gasteiger partial charge in [0, 0.05) is 26.2 Å². The normalized spacial score (nSPS) is 12.2. The van der Waals surface area contributed by atoms with Gasteiger partial charge in [0.2, 0.25) is 5.91 Å². The Morgan fingerprint density at radius 1 is 0.667 bits per heavy atom. The monoisotopic (exact) mass is 544 g/mol. The van der Waals surface area contributed by atoms with Crippen molar-refractivity contribution in [1.82, 2.24) is 21.3 Å².